The van der Waals surface area contributed by atoms with E-state index in [-0.39, 0.29) is 19.8 Å². The van der Waals surface area contributed by atoms with E-state index < -0.39 is 17.9 Å². The SMILES string of the molecule is CCOC(=O)/C=C/c1c(Br)c(/C=C/C(=O)OCC)c(Br)c(/C=C/C(=O)OCC)c1Br. The molecule has 0 aliphatic rings. The van der Waals surface area contributed by atoms with Gasteiger partial charge in [0.15, 0.2) is 0 Å². The molecule has 0 aliphatic heterocycles. The van der Waals surface area contributed by atoms with Gasteiger partial charge in [0, 0.05) is 48.3 Å². The molecule has 0 radical (unpaired) electrons. The summed E-state index contributed by atoms with van der Waals surface area (Å²) >= 11 is 10.6. The molecule has 6 nitrogen and oxygen atoms in total. The summed E-state index contributed by atoms with van der Waals surface area (Å²) in [5, 5.41) is 0. The number of rotatable bonds is 9. The summed E-state index contributed by atoms with van der Waals surface area (Å²) in [5.41, 5.74) is 1.83. The predicted molar refractivity (Wildman–Crippen MR) is 127 cm³/mol. The quantitative estimate of drug-likeness (QED) is 0.203. The molecule has 1 aromatic carbocycles. The number of halogens is 3. The van der Waals surface area contributed by atoms with Crippen LogP contribution in [0.1, 0.15) is 37.5 Å². The molecule has 0 fully saturated rings. The molecule has 1 aromatic rings. The van der Waals surface area contributed by atoms with Crippen LogP contribution in [-0.4, -0.2) is 37.7 Å². The van der Waals surface area contributed by atoms with E-state index in [4.69, 9.17) is 14.2 Å². The lowest BCUT2D eigenvalue weighted by Crippen LogP contribution is -2.01. The summed E-state index contributed by atoms with van der Waals surface area (Å²) in [6.45, 7) is 5.92. The summed E-state index contributed by atoms with van der Waals surface area (Å²) in [7, 11) is 0. The van der Waals surface area contributed by atoms with Crippen LogP contribution in [0.5, 0.6) is 0 Å². The smallest absolute Gasteiger partial charge is 0.330 e. The van der Waals surface area contributed by atoms with Crippen molar-refractivity contribution in [3.05, 3.63) is 48.3 Å². The highest BCUT2D eigenvalue weighted by atomic mass is 79.9. The van der Waals surface area contributed by atoms with Gasteiger partial charge >= 0.3 is 17.9 Å². The van der Waals surface area contributed by atoms with Crippen molar-refractivity contribution in [2.24, 2.45) is 0 Å². The fourth-order valence-corrected chi connectivity index (χ4v) is 4.97. The second-order valence-corrected chi connectivity index (χ2v) is 7.82. The van der Waals surface area contributed by atoms with Crippen LogP contribution in [0.4, 0.5) is 0 Å². The second-order valence-electron chi connectivity index (χ2n) is 5.44. The van der Waals surface area contributed by atoms with Crippen molar-refractivity contribution in [1.29, 1.82) is 0 Å². The molecule has 0 N–H and O–H groups in total. The zero-order valence-electron chi connectivity index (χ0n) is 16.7. The molecule has 0 bridgehead atoms. The van der Waals surface area contributed by atoms with Gasteiger partial charge in [-0.05, 0) is 86.8 Å². The van der Waals surface area contributed by atoms with E-state index in [1.54, 1.807) is 39.0 Å². The molecule has 0 aromatic heterocycles. The van der Waals surface area contributed by atoms with E-state index in [0.29, 0.717) is 30.1 Å². The van der Waals surface area contributed by atoms with Gasteiger partial charge in [-0.1, -0.05) is 0 Å². The van der Waals surface area contributed by atoms with Gasteiger partial charge in [-0.15, -0.1) is 0 Å². The molecule has 0 unspecified atom stereocenters. The first-order valence-corrected chi connectivity index (χ1v) is 11.4. The number of hydrogen-bond donors (Lipinski definition) is 0. The Morgan fingerprint density at radius 2 is 0.833 bits per heavy atom. The number of hydrogen-bond acceptors (Lipinski definition) is 6. The number of carbonyl (C=O) groups is 3. The minimum Gasteiger partial charge on any atom is -0.463 e. The second kappa shape index (κ2) is 13.6. The maximum atomic E-state index is 11.8. The van der Waals surface area contributed by atoms with Crippen molar-refractivity contribution in [3.63, 3.8) is 0 Å². The Morgan fingerprint density at radius 1 is 0.600 bits per heavy atom. The van der Waals surface area contributed by atoms with Crippen molar-refractivity contribution in [2.75, 3.05) is 19.8 Å². The molecule has 0 saturated carbocycles. The average molecular weight is 609 g/mol. The predicted octanol–water partition coefficient (Wildman–Crippen LogP) is 5.70. The van der Waals surface area contributed by atoms with Gasteiger partial charge in [0.2, 0.25) is 0 Å². The van der Waals surface area contributed by atoms with Gasteiger partial charge in [0.25, 0.3) is 0 Å². The van der Waals surface area contributed by atoms with Crippen LogP contribution >= 0.6 is 47.8 Å². The third kappa shape index (κ3) is 7.85. The Kier molecular flexibility index (Phi) is 11.9. The first-order chi connectivity index (χ1) is 14.3. The third-order valence-corrected chi connectivity index (χ3v) is 6.00. The zero-order valence-corrected chi connectivity index (χ0v) is 21.4. The first kappa shape index (κ1) is 26.3. The zero-order chi connectivity index (χ0) is 22.7. The summed E-state index contributed by atoms with van der Waals surface area (Å²) in [5.74, 6) is -1.48. The molecular formula is C21H21Br3O6. The fraction of sp³-hybridized carbons (Fsp3) is 0.286. The van der Waals surface area contributed by atoms with Crippen LogP contribution in [0, 0.1) is 0 Å². The maximum absolute atomic E-state index is 11.8. The van der Waals surface area contributed by atoms with Crippen LogP contribution in [-0.2, 0) is 28.6 Å². The van der Waals surface area contributed by atoms with Gasteiger partial charge in [-0.3, -0.25) is 0 Å². The molecule has 0 aliphatic carbocycles. The van der Waals surface area contributed by atoms with Crippen LogP contribution in [0.25, 0.3) is 18.2 Å². The fourth-order valence-electron chi connectivity index (χ4n) is 2.19. The molecular weight excluding hydrogens is 588 g/mol. The van der Waals surface area contributed by atoms with Gasteiger partial charge < -0.3 is 14.2 Å². The van der Waals surface area contributed by atoms with E-state index in [0.717, 1.165) is 0 Å². The maximum Gasteiger partial charge on any atom is 0.330 e. The number of carbonyl (C=O) groups excluding carboxylic acids is 3. The molecule has 0 heterocycles. The van der Waals surface area contributed by atoms with Crippen LogP contribution < -0.4 is 0 Å². The van der Waals surface area contributed by atoms with Gasteiger partial charge in [-0.2, -0.15) is 0 Å². The van der Waals surface area contributed by atoms with Gasteiger partial charge in [0.1, 0.15) is 0 Å². The summed E-state index contributed by atoms with van der Waals surface area (Å²) < 4.78 is 16.6. The average Bonchev–Trinajstić information content (AvgIpc) is 2.68. The largest absolute Gasteiger partial charge is 0.463 e. The van der Waals surface area contributed by atoms with Crippen LogP contribution in [0.3, 0.4) is 0 Å². The monoisotopic (exact) mass is 606 g/mol. The molecule has 0 spiro atoms. The highest BCUT2D eigenvalue weighted by molar-refractivity contribution is 9.11. The van der Waals surface area contributed by atoms with Crippen LogP contribution in [0.2, 0.25) is 0 Å². The Morgan fingerprint density at radius 3 is 1.03 bits per heavy atom. The first-order valence-electron chi connectivity index (χ1n) is 9.01. The topological polar surface area (TPSA) is 78.9 Å². The molecule has 0 saturated heterocycles. The highest BCUT2D eigenvalue weighted by Crippen LogP contribution is 2.41. The van der Waals surface area contributed by atoms with Crippen molar-refractivity contribution >= 4 is 83.9 Å². The molecule has 0 amide bonds. The molecule has 30 heavy (non-hydrogen) atoms. The van der Waals surface area contributed by atoms with E-state index in [1.807, 2.05) is 0 Å². The standard InChI is InChI=1S/C21H21Br3O6/c1-4-28-16(25)10-7-13-19(22)14(8-11-17(26)29-5-2)21(24)15(20(13)23)9-12-18(27)30-6-3/h7-12H,4-6H2,1-3H3/b10-7+,11-8+,12-9+. The van der Waals surface area contributed by atoms with E-state index in [1.165, 1.54) is 18.2 Å². The van der Waals surface area contributed by atoms with Gasteiger partial charge in [0.05, 0.1) is 19.8 Å². The van der Waals surface area contributed by atoms with Crippen molar-refractivity contribution < 1.29 is 28.6 Å². The van der Waals surface area contributed by atoms with Crippen molar-refractivity contribution in [2.45, 2.75) is 20.8 Å². The summed E-state index contributed by atoms with van der Waals surface area (Å²) in [6, 6.07) is 0. The van der Waals surface area contributed by atoms with E-state index >= 15 is 0 Å². The Balaban J connectivity index is 3.57. The minimum atomic E-state index is -0.494. The molecule has 162 valence electrons. The highest BCUT2D eigenvalue weighted by Gasteiger charge is 2.17. The molecule has 1 rings (SSSR count). The van der Waals surface area contributed by atoms with Crippen LogP contribution in [0.15, 0.2) is 31.6 Å². The van der Waals surface area contributed by atoms with Crippen molar-refractivity contribution in [3.8, 4) is 0 Å². The summed E-state index contributed by atoms with van der Waals surface area (Å²) in [6.07, 6.45) is 8.59. The lowest BCUT2D eigenvalue weighted by Gasteiger charge is -2.14. The van der Waals surface area contributed by atoms with Crippen molar-refractivity contribution in [1.82, 2.24) is 0 Å². The Labute approximate surface area is 200 Å². The third-order valence-electron chi connectivity index (χ3n) is 3.44. The number of benzene rings is 1. The lowest BCUT2D eigenvalue weighted by atomic mass is 10.0. The Hall–Kier alpha value is -1.71. The minimum absolute atomic E-state index is 0.257. The molecule has 0 atom stereocenters. The van der Waals surface area contributed by atoms with Gasteiger partial charge in [-0.25, -0.2) is 14.4 Å². The lowest BCUT2D eigenvalue weighted by molar-refractivity contribution is -0.138. The Bertz CT molecular complexity index is 752. The summed E-state index contributed by atoms with van der Waals surface area (Å²) in [4.78, 5) is 35.3. The number of ether oxygens (including phenoxy) is 3. The number of esters is 3. The normalized spacial score (nSPS) is 11.4. The van der Waals surface area contributed by atoms with E-state index in [2.05, 4.69) is 47.8 Å². The van der Waals surface area contributed by atoms with E-state index in [9.17, 15) is 14.4 Å². The molecule has 9 heteroatoms.